The van der Waals surface area contributed by atoms with E-state index in [-0.39, 0.29) is 5.91 Å². The first-order valence-corrected chi connectivity index (χ1v) is 8.56. The van der Waals surface area contributed by atoms with Gasteiger partial charge in [-0.3, -0.25) is 9.59 Å². The normalized spacial score (nSPS) is 11.1. The number of benzene rings is 2. The maximum absolute atomic E-state index is 12.5. The lowest BCUT2D eigenvalue weighted by Gasteiger charge is -2.23. The van der Waals surface area contributed by atoms with E-state index in [1.807, 2.05) is 31.2 Å². The molecular weight excluding hydrogens is 359 g/mol. The number of nitrogens with one attached hydrogen (secondary N) is 2. The fraction of sp³-hybridized carbons (Fsp3) is 0.263. The zero-order chi connectivity index (χ0) is 18.6. The van der Waals surface area contributed by atoms with E-state index in [1.54, 1.807) is 32.0 Å². The van der Waals surface area contributed by atoms with Crippen LogP contribution in [0.5, 0.6) is 0 Å². The number of anilines is 1. The lowest BCUT2D eigenvalue weighted by Crippen LogP contribution is -2.44. The molecule has 2 aromatic rings. The summed E-state index contributed by atoms with van der Waals surface area (Å²) in [5.74, 6) is -0.830. The minimum atomic E-state index is -1.27. The number of hydrogen-bond donors (Lipinski definition) is 2. The Hall–Kier alpha value is -2.04. The highest BCUT2D eigenvalue weighted by Gasteiger charge is 2.36. The van der Waals surface area contributed by atoms with E-state index in [2.05, 4.69) is 10.6 Å². The SMILES string of the molecule is Cc1cccc(CNC(=O)C(C)(C)C(=O)Nc2cc(Cl)ccc2Cl)c1. The molecule has 132 valence electrons. The Bertz CT molecular complexity index is 804. The van der Waals surface area contributed by atoms with E-state index >= 15 is 0 Å². The Balaban J connectivity index is 2.04. The van der Waals surface area contributed by atoms with Gasteiger partial charge in [0.2, 0.25) is 11.8 Å². The van der Waals surface area contributed by atoms with E-state index < -0.39 is 11.3 Å². The molecule has 0 aliphatic carbocycles. The molecule has 6 heteroatoms. The summed E-state index contributed by atoms with van der Waals surface area (Å²) in [5.41, 5.74) is 1.19. The van der Waals surface area contributed by atoms with Crippen LogP contribution in [0.2, 0.25) is 10.0 Å². The Kier molecular flexibility index (Phi) is 6.09. The number of rotatable bonds is 5. The van der Waals surface area contributed by atoms with Gasteiger partial charge in [-0.2, -0.15) is 0 Å². The molecule has 0 aliphatic heterocycles. The molecule has 25 heavy (non-hydrogen) atoms. The van der Waals surface area contributed by atoms with E-state index in [9.17, 15) is 9.59 Å². The number of amides is 2. The van der Waals surface area contributed by atoms with Crippen molar-refractivity contribution < 1.29 is 9.59 Å². The molecule has 0 saturated carbocycles. The fourth-order valence-corrected chi connectivity index (χ4v) is 2.54. The van der Waals surface area contributed by atoms with Crippen LogP contribution in [-0.4, -0.2) is 11.8 Å². The lowest BCUT2D eigenvalue weighted by molar-refractivity contribution is -0.138. The van der Waals surface area contributed by atoms with Gasteiger partial charge in [-0.1, -0.05) is 53.0 Å². The van der Waals surface area contributed by atoms with Crippen LogP contribution >= 0.6 is 23.2 Å². The summed E-state index contributed by atoms with van der Waals surface area (Å²) in [7, 11) is 0. The van der Waals surface area contributed by atoms with E-state index in [0.717, 1.165) is 11.1 Å². The van der Waals surface area contributed by atoms with Gasteiger partial charge in [-0.25, -0.2) is 0 Å². The van der Waals surface area contributed by atoms with Crippen molar-refractivity contribution >= 4 is 40.7 Å². The van der Waals surface area contributed by atoms with Crippen molar-refractivity contribution in [2.75, 3.05) is 5.32 Å². The smallest absolute Gasteiger partial charge is 0.239 e. The van der Waals surface area contributed by atoms with Crippen LogP contribution < -0.4 is 10.6 Å². The predicted molar refractivity (Wildman–Crippen MR) is 102 cm³/mol. The van der Waals surface area contributed by atoms with Crippen LogP contribution in [0.4, 0.5) is 5.69 Å². The largest absolute Gasteiger partial charge is 0.351 e. The molecule has 0 unspecified atom stereocenters. The van der Waals surface area contributed by atoms with Crippen LogP contribution in [0.15, 0.2) is 42.5 Å². The molecule has 0 radical (unpaired) electrons. The zero-order valence-electron chi connectivity index (χ0n) is 14.3. The first-order valence-electron chi connectivity index (χ1n) is 7.80. The highest BCUT2D eigenvalue weighted by atomic mass is 35.5. The maximum Gasteiger partial charge on any atom is 0.239 e. The Morgan fingerprint density at radius 1 is 1.04 bits per heavy atom. The standard InChI is InChI=1S/C19H20Cl2N2O2/c1-12-5-4-6-13(9-12)11-22-17(24)19(2,3)18(25)23-16-10-14(20)7-8-15(16)21/h4-10H,11H2,1-3H3,(H,22,24)(H,23,25). The van der Waals surface area contributed by atoms with Crippen LogP contribution in [-0.2, 0) is 16.1 Å². The van der Waals surface area contributed by atoms with Crippen molar-refractivity contribution in [3.63, 3.8) is 0 Å². The molecule has 0 spiro atoms. The average Bonchev–Trinajstić information content (AvgIpc) is 2.55. The maximum atomic E-state index is 12.5. The lowest BCUT2D eigenvalue weighted by atomic mass is 9.90. The second-order valence-corrected chi connectivity index (χ2v) is 7.22. The highest BCUT2D eigenvalue weighted by Crippen LogP contribution is 2.27. The third-order valence-corrected chi connectivity index (χ3v) is 4.41. The Morgan fingerprint density at radius 2 is 1.76 bits per heavy atom. The van der Waals surface area contributed by atoms with Gasteiger partial charge in [0, 0.05) is 11.6 Å². The molecule has 0 aromatic heterocycles. The molecule has 0 heterocycles. The van der Waals surface area contributed by atoms with Gasteiger partial charge < -0.3 is 10.6 Å². The van der Waals surface area contributed by atoms with Gasteiger partial charge in [-0.15, -0.1) is 0 Å². The molecule has 2 rings (SSSR count). The van der Waals surface area contributed by atoms with E-state index in [1.165, 1.54) is 0 Å². The van der Waals surface area contributed by atoms with Crippen LogP contribution in [0.3, 0.4) is 0 Å². The molecule has 0 bridgehead atoms. The van der Waals surface area contributed by atoms with Gasteiger partial charge in [0.1, 0.15) is 5.41 Å². The molecule has 2 N–H and O–H groups in total. The molecular formula is C19H20Cl2N2O2. The zero-order valence-corrected chi connectivity index (χ0v) is 15.8. The first kappa shape index (κ1) is 19.3. The molecule has 0 fully saturated rings. The Labute approximate surface area is 157 Å². The monoisotopic (exact) mass is 378 g/mol. The van der Waals surface area contributed by atoms with Gasteiger partial charge in [0.25, 0.3) is 0 Å². The van der Waals surface area contributed by atoms with E-state index in [0.29, 0.717) is 22.3 Å². The Morgan fingerprint density at radius 3 is 2.44 bits per heavy atom. The topological polar surface area (TPSA) is 58.2 Å². The summed E-state index contributed by atoms with van der Waals surface area (Å²) in [6.45, 7) is 5.46. The van der Waals surface area contributed by atoms with Crippen molar-refractivity contribution in [3.05, 3.63) is 63.6 Å². The summed E-state index contributed by atoms with van der Waals surface area (Å²) in [6.07, 6.45) is 0. The summed E-state index contributed by atoms with van der Waals surface area (Å²) < 4.78 is 0. The highest BCUT2D eigenvalue weighted by molar-refractivity contribution is 6.35. The molecule has 0 saturated heterocycles. The average molecular weight is 379 g/mol. The van der Waals surface area contributed by atoms with Gasteiger partial charge in [0.15, 0.2) is 0 Å². The third kappa shape index (κ3) is 4.97. The van der Waals surface area contributed by atoms with Crippen LogP contribution in [0, 0.1) is 12.3 Å². The summed E-state index contributed by atoms with van der Waals surface area (Å²) in [6, 6.07) is 12.6. The number of aryl methyl sites for hydroxylation is 1. The van der Waals surface area contributed by atoms with Crippen molar-refractivity contribution in [1.82, 2.24) is 5.32 Å². The number of halogens is 2. The molecule has 0 atom stereocenters. The van der Waals surface area contributed by atoms with Crippen molar-refractivity contribution in [2.24, 2.45) is 5.41 Å². The molecule has 2 aromatic carbocycles. The van der Waals surface area contributed by atoms with Crippen molar-refractivity contribution in [3.8, 4) is 0 Å². The summed E-state index contributed by atoms with van der Waals surface area (Å²) >= 11 is 12.0. The number of carbonyl (C=O) groups excluding carboxylic acids is 2. The van der Waals surface area contributed by atoms with Crippen molar-refractivity contribution in [1.29, 1.82) is 0 Å². The minimum absolute atomic E-state index is 0.355. The number of hydrogen-bond acceptors (Lipinski definition) is 2. The molecule has 4 nitrogen and oxygen atoms in total. The van der Waals surface area contributed by atoms with Gasteiger partial charge in [-0.05, 0) is 44.5 Å². The quantitative estimate of drug-likeness (QED) is 0.747. The minimum Gasteiger partial charge on any atom is -0.351 e. The summed E-state index contributed by atoms with van der Waals surface area (Å²) in [4.78, 5) is 25.0. The fourth-order valence-electron chi connectivity index (χ4n) is 2.20. The van der Waals surface area contributed by atoms with Crippen LogP contribution in [0.25, 0.3) is 0 Å². The molecule has 2 amide bonds. The van der Waals surface area contributed by atoms with Crippen LogP contribution in [0.1, 0.15) is 25.0 Å². The predicted octanol–water partition coefficient (Wildman–Crippen LogP) is 4.58. The number of carbonyl (C=O) groups is 2. The van der Waals surface area contributed by atoms with Gasteiger partial charge in [0.05, 0.1) is 10.7 Å². The van der Waals surface area contributed by atoms with Gasteiger partial charge >= 0.3 is 0 Å². The van der Waals surface area contributed by atoms with Crippen molar-refractivity contribution in [2.45, 2.75) is 27.3 Å². The summed E-state index contributed by atoms with van der Waals surface area (Å²) in [5, 5.41) is 6.26. The molecule has 0 aliphatic rings. The second kappa shape index (κ2) is 7.89. The first-order chi connectivity index (χ1) is 11.7. The third-order valence-electron chi connectivity index (χ3n) is 3.85. The second-order valence-electron chi connectivity index (χ2n) is 6.38. The van der Waals surface area contributed by atoms with E-state index in [4.69, 9.17) is 23.2 Å².